The Hall–Kier alpha value is -2.78. The number of nitrogens with zero attached hydrogens (tertiary/aromatic N) is 3. The van der Waals surface area contributed by atoms with Crippen molar-refractivity contribution < 1.29 is 13.9 Å². The first kappa shape index (κ1) is 26.3. The standard InChI is InChI=1S/C27H33ClFN5O2/c1-33-12-14-34(15-13-33)11-5-9-23(30-18-22-8-4-10-24(29)26(22)28)19-36-27(35)32-25-16-20-6-2-3-7-21(20)17-31-25/h2-4,6-8,10,16-17,23,30H,5,9,11-15,18-19H2,1H3,(H,31,32,35)/t23-/m0/s1. The summed E-state index contributed by atoms with van der Waals surface area (Å²) < 4.78 is 19.4. The molecule has 7 nitrogen and oxygen atoms in total. The van der Waals surface area contributed by atoms with Crippen molar-refractivity contribution >= 4 is 34.3 Å². The number of halogens is 2. The summed E-state index contributed by atoms with van der Waals surface area (Å²) in [6.07, 6.45) is 2.92. The molecule has 1 aliphatic heterocycles. The maximum Gasteiger partial charge on any atom is 0.412 e. The quantitative estimate of drug-likeness (QED) is 0.407. The van der Waals surface area contributed by atoms with Gasteiger partial charge in [-0.1, -0.05) is 48.0 Å². The van der Waals surface area contributed by atoms with Crippen molar-refractivity contribution in [3.05, 3.63) is 71.1 Å². The van der Waals surface area contributed by atoms with E-state index in [1.165, 1.54) is 6.07 Å². The lowest BCUT2D eigenvalue weighted by molar-refractivity contribution is 0.136. The molecule has 0 aliphatic carbocycles. The number of hydrogen-bond acceptors (Lipinski definition) is 6. The van der Waals surface area contributed by atoms with Crippen LogP contribution in [0.3, 0.4) is 0 Å². The van der Waals surface area contributed by atoms with Crippen molar-refractivity contribution in [1.29, 1.82) is 0 Å². The lowest BCUT2D eigenvalue weighted by atomic mass is 10.1. The first-order valence-corrected chi connectivity index (χ1v) is 12.7. The molecule has 36 heavy (non-hydrogen) atoms. The van der Waals surface area contributed by atoms with Gasteiger partial charge in [0.05, 0.1) is 5.02 Å². The summed E-state index contributed by atoms with van der Waals surface area (Å²) in [5, 5.41) is 8.20. The molecule has 4 rings (SSSR count). The molecule has 2 aromatic carbocycles. The van der Waals surface area contributed by atoms with E-state index in [4.69, 9.17) is 16.3 Å². The van der Waals surface area contributed by atoms with Crippen molar-refractivity contribution in [3.63, 3.8) is 0 Å². The van der Waals surface area contributed by atoms with E-state index in [1.54, 1.807) is 18.3 Å². The Labute approximate surface area is 216 Å². The van der Waals surface area contributed by atoms with Crippen molar-refractivity contribution in [2.75, 3.05) is 51.7 Å². The molecule has 1 aromatic heterocycles. The molecular weight excluding hydrogens is 481 g/mol. The molecule has 1 atom stereocenters. The molecule has 2 N–H and O–H groups in total. The molecule has 0 spiro atoms. The molecule has 192 valence electrons. The predicted octanol–water partition coefficient (Wildman–Crippen LogP) is 4.76. The minimum Gasteiger partial charge on any atom is -0.448 e. The minimum atomic E-state index is -0.563. The van der Waals surface area contributed by atoms with E-state index in [0.29, 0.717) is 17.9 Å². The van der Waals surface area contributed by atoms with Crippen LogP contribution in [0.25, 0.3) is 10.8 Å². The second-order valence-electron chi connectivity index (χ2n) is 9.22. The number of amides is 1. The summed E-state index contributed by atoms with van der Waals surface area (Å²) in [6, 6.07) is 14.3. The highest BCUT2D eigenvalue weighted by molar-refractivity contribution is 6.31. The number of aromatic nitrogens is 1. The van der Waals surface area contributed by atoms with Gasteiger partial charge >= 0.3 is 6.09 Å². The Kier molecular flexibility index (Phi) is 9.47. The van der Waals surface area contributed by atoms with Gasteiger partial charge in [0.15, 0.2) is 0 Å². The van der Waals surface area contributed by atoms with Crippen LogP contribution in [0.15, 0.2) is 54.7 Å². The van der Waals surface area contributed by atoms with E-state index in [1.807, 2.05) is 30.3 Å². The zero-order valence-electron chi connectivity index (χ0n) is 20.6. The molecule has 1 saturated heterocycles. The highest BCUT2D eigenvalue weighted by Crippen LogP contribution is 2.20. The van der Waals surface area contributed by atoms with Crippen LogP contribution in [-0.4, -0.2) is 73.3 Å². The largest absolute Gasteiger partial charge is 0.448 e. The first-order chi connectivity index (χ1) is 17.5. The lowest BCUT2D eigenvalue weighted by Crippen LogP contribution is -2.45. The number of carbonyl (C=O) groups excluding carboxylic acids is 1. The summed E-state index contributed by atoms with van der Waals surface area (Å²) in [5.74, 6) is -0.00841. The Balaban J connectivity index is 1.31. The van der Waals surface area contributed by atoms with E-state index in [0.717, 1.165) is 56.3 Å². The predicted molar refractivity (Wildman–Crippen MR) is 142 cm³/mol. The number of benzene rings is 2. The van der Waals surface area contributed by atoms with Gasteiger partial charge in [-0.3, -0.25) is 5.32 Å². The number of piperazine rings is 1. The van der Waals surface area contributed by atoms with Gasteiger partial charge in [-0.05, 0) is 49.5 Å². The number of fused-ring (bicyclic) bond motifs is 1. The molecular formula is C27H33ClFN5O2. The van der Waals surface area contributed by atoms with Gasteiger partial charge < -0.3 is 19.9 Å². The van der Waals surface area contributed by atoms with Crippen LogP contribution in [-0.2, 0) is 11.3 Å². The Morgan fingerprint density at radius 1 is 1.14 bits per heavy atom. The van der Waals surface area contributed by atoms with Crippen LogP contribution in [0.5, 0.6) is 0 Å². The number of carbonyl (C=O) groups is 1. The zero-order valence-corrected chi connectivity index (χ0v) is 21.3. The van der Waals surface area contributed by atoms with Gasteiger partial charge in [-0.2, -0.15) is 0 Å². The topological polar surface area (TPSA) is 69.7 Å². The number of rotatable bonds is 10. The average Bonchev–Trinajstić information content (AvgIpc) is 2.88. The number of pyridine rings is 1. The fraction of sp³-hybridized carbons (Fsp3) is 0.407. The van der Waals surface area contributed by atoms with Gasteiger partial charge in [-0.15, -0.1) is 0 Å². The Morgan fingerprint density at radius 2 is 1.92 bits per heavy atom. The maximum absolute atomic E-state index is 13.8. The molecule has 1 fully saturated rings. The van der Waals surface area contributed by atoms with Crippen LogP contribution in [0, 0.1) is 5.82 Å². The van der Waals surface area contributed by atoms with Gasteiger partial charge in [0.2, 0.25) is 0 Å². The summed E-state index contributed by atoms with van der Waals surface area (Å²) >= 11 is 6.13. The SMILES string of the molecule is CN1CCN(CCC[C@@H](COC(=O)Nc2cc3ccccc3cn2)NCc2cccc(F)c2Cl)CC1. The second-order valence-corrected chi connectivity index (χ2v) is 9.60. The Bertz CT molecular complexity index is 1160. The molecule has 3 aromatic rings. The van der Waals surface area contributed by atoms with E-state index >= 15 is 0 Å². The molecule has 0 unspecified atom stereocenters. The van der Waals surface area contributed by atoms with Crippen molar-refractivity contribution in [2.45, 2.75) is 25.4 Å². The highest BCUT2D eigenvalue weighted by atomic mass is 35.5. The van der Waals surface area contributed by atoms with Crippen molar-refractivity contribution in [3.8, 4) is 0 Å². The summed E-state index contributed by atoms with van der Waals surface area (Å²) in [6.45, 7) is 5.82. The van der Waals surface area contributed by atoms with Gasteiger partial charge in [0, 0.05) is 50.3 Å². The van der Waals surface area contributed by atoms with Crippen LogP contribution in [0.1, 0.15) is 18.4 Å². The first-order valence-electron chi connectivity index (χ1n) is 12.3. The average molecular weight is 514 g/mol. The van der Waals surface area contributed by atoms with Gasteiger partial charge in [0.25, 0.3) is 0 Å². The summed E-state index contributed by atoms with van der Waals surface area (Å²) in [4.78, 5) is 21.6. The van der Waals surface area contributed by atoms with E-state index in [2.05, 4.69) is 32.5 Å². The summed E-state index contributed by atoms with van der Waals surface area (Å²) in [5.41, 5.74) is 0.672. The monoisotopic (exact) mass is 513 g/mol. The number of likely N-dealkylation sites (N-methyl/N-ethyl adjacent to an activating group) is 1. The van der Waals surface area contributed by atoms with E-state index < -0.39 is 11.9 Å². The fourth-order valence-electron chi connectivity index (χ4n) is 4.29. The lowest BCUT2D eigenvalue weighted by Gasteiger charge is -2.32. The third kappa shape index (κ3) is 7.61. The van der Waals surface area contributed by atoms with Crippen LogP contribution >= 0.6 is 11.6 Å². The van der Waals surface area contributed by atoms with E-state index in [9.17, 15) is 9.18 Å². The highest BCUT2D eigenvalue weighted by Gasteiger charge is 2.17. The molecule has 2 heterocycles. The molecule has 1 amide bonds. The number of hydrogen-bond donors (Lipinski definition) is 2. The van der Waals surface area contributed by atoms with Crippen LogP contribution < -0.4 is 10.6 Å². The third-order valence-electron chi connectivity index (χ3n) is 6.51. The van der Waals surface area contributed by atoms with Crippen molar-refractivity contribution in [1.82, 2.24) is 20.1 Å². The maximum atomic E-state index is 13.8. The molecule has 0 bridgehead atoms. The van der Waals surface area contributed by atoms with Crippen LogP contribution in [0.4, 0.5) is 15.0 Å². The second kappa shape index (κ2) is 13.0. The number of anilines is 1. The number of ether oxygens (including phenoxy) is 1. The summed E-state index contributed by atoms with van der Waals surface area (Å²) in [7, 11) is 2.14. The molecule has 1 aliphatic rings. The van der Waals surface area contributed by atoms with E-state index in [-0.39, 0.29) is 17.7 Å². The smallest absolute Gasteiger partial charge is 0.412 e. The molecule has 0 radical (unpaired) electrons. The van der Waals surface area contributed by atoms with Crippen molar-refractivity contribution in [2.24, 2.45) is 0 Å². The zero-order chi connectivity index (χ0) is 25.3. The van der Waals surface area contributed by atoms with Gasteiger partial charge in [0.1, 0.15) is 18.2 Å². The Morgan fingerprint density at radius 3 is 2.72 bits per heavy atom. The minimum absolute atomic E-state index is 0.105. The fourth-order valence-corrected chi connectivity index (χ4v) is 4.48. The molecule has 0 saturated carbocycles. The van der Waals surface area contributed by atoms with Gasteiger partial charge in [-0.25, -0.2) is 14.2 Å². The van der Waals surface area contributed by atoms with Crippen LogP contribution in [0.2, 0.25) is 5.02 Å². The molecule has 9 heteroatoms. The number of nitrogens with one attached hydrogen (secondary N) is 2. The third-order valence-corrected chi connectivity index (χ3v) is 6.94. The normalized spacial score (nSPS) is 15.6.